The maximum absolute atomic E-state index is 4.76. The average Bonchev–Trinajstić information content (AvgIpc) is 3.01. The Morgan fingerprint density at radius 1 is 1.12 bits per heavy atom. The Hall–Kier alpha value is -1.59. The third-order valence-electron chi connectivity index (χ3n) is 4.42. The minimum absolute atomic E-state index is 0.412. The van der Waals surface area contributed by atoms with E-state index < -0.39 is 0 Å². The number of guanidine groups is 1. The molecule has 0 saturated carbocycles. The van der Waals surface area contributed by atoms with Crippen molar-refractivity contribution in [2.24, 2.45) is 10.9 Å². The summed E-state index contributed by atoms with van der Waals surface area (Å²) in [5.74, 6) is 2.70. The van der Waals surface area contributed by atoms with Crippen molar-refractivity contribution in [2.45, 2.75) is 92.3 Å². The highest BCUT2D eigenvalue weighted by molar-refractivity contribution is 5.80. The second-order valence-corrected chi connectivity index (χ2v) is 7.35. The van der Waals surface area contributed by atoms with Crippen LogP contribution < -0.4 is 10.6 Å². The molecule has 2 atom stereocenters. The summed E-state index contributed by atoms with van der Waals surface area (Å²) in [5, 5.41) is 15.2. The van der Waals surface area contributed by atoms with Crippen molar-refractivity contribution >= 4 is 5.96 Å². The second-order valence-electron chi connectivity index (χ2n) is 7.35. The zero-order chi connectivity index (χ0) is 18.7. The Labute approximate surface area is 153 Å². The summed E-state index contributed by atoms with van der Waals surface area (Å²) in [6, 6.07) is 0.838. The van der Waals surface area contributed by atoms with Crippen molar-refractivity contribution in [3.05, 3.63) is 12.2 Å². The zero-order valence-electron chi connectivity index (χ0n) is 17.0. The molecule has 0 aliphatic carbocycles. The molecule has 0 aliphatic heterocycles. The smallest absolute Gasteiger partial charge is 0.191 e. The molecule has 2 N–H and O–H groups in total. The van der Waals surface area contributed by atoms with Crippen molar-refractivity contribution in [2.75, 3.05) is 6.54 Å². The van der Waals surface area contributed by atoms with Gasteiger partial charge < -0.3 is 15.2 Å². The van der Waals surface area contributed by atoms with Crippen LogP contribution in [0, 0.1) is 5.92 Å². The van der Waals surface area contributed by atoms with Crippen LogP contribution in [0.3, 0.4) is 0 Å². The predicted molar refractivity (Wildman–Crippen MR) is 106 cm³/mol. The maximum atomic E-state index is 4.76. The Morgan fingerprint density at radius 3 is 2.48 bits per heavy atom. The summed E-state index contributed by atoms with van der Waals surface area (Å²) in [6.45, 7) is 14.8. The van der Waals surface area contributed by atoms with Gasteiger partial charge in [-0.3, -0.25) is 4.99 Å². The van der Waals surface area contributed by atoms with Gasteiger partial charge in [0.05, 0.1) is 6.54 Å². The molecule has 0 aromatic carbocycles. The van der Waals surface area contributed by atoms with Gasteiger partial charge in [0.25, 0.3) is 0 Å². The van der Waals surface area contributed by atoms with Crippen LogP contribution in [0.5, 0.6) is 0 Å². The topological polar surface area (TPSA) is 67.1 Å². The lowest BCUT2D eigenvalue weighted by Crippen LogP contribution is -2.45. The molecule has 0 aliphatic rings. The average molecular weight is 351 g/mol. The van der Waals surface area contributed by atoms with Crippen LogP contribution in [0.4, 0.5) is 0 Å². The Morgan fingerprint density at radius 2 is 1.84 bits per heavy atom. The van der Waals surface area contributed by atoms with E-state index in [0.717, 1.165) is 43.6 Å². The summed E-state index contributed by atoms with van der Waals surface area (Å²) in [7, 11) is 0. The molecule has 0 radical (unpaired) electrons. The van der Waals surface area contributed by atoms with Crippen LogP contribution in [-0.2, 0) is 13.0 Å². The quantitative estimate of drug-likeness (QED) is 0.474. The highest BCUT2D eigenvalue weighted by Gasteiger charge is 2.09. The molecule has 0 amide bonds. The Bertz CT molecular complexity index is 494. The maximum Gasteiger partial charge on any atom is 0.191 e. The van der Waals surface area contributed by atoms with Gasteiger partial charge in [0.1, 0.15) is 12.2 Å². The van der Waals surface area contributed by atoms with Gasteiger partial charge in [-0.15, -0.1) is 10.2 Å². The van der Waals surface area contributed by atoms with Gasteiger partial charge in [-0.2, -0.15) is 0 Å². The fraction of sp³-hybridized carbons (Fsp3) is 0.842. The van der Waals surface area contributed by atoms with E-state index in [9.17, 15) is 0 Å². The number of nitrogens with one attached hydrogen (secondary N) is 2. The molecule has 144 valence electrons. The second kappa shape index (κ2) is 11.9. The highest BCUT2D eigenvalue weighted by atomic mass is 15.3. The third kappa shape index (κ3) is 8.89. The number of aryl methyl sites for hydroxylation is 1. The van der Waals surface area contributed by atoms with Crippen LogP contribution in [-0.4, -0.2) is 39.4 Å². The summed E-state index contributed by atoms with van der Waals surface area (Å²) < 4.78 is 2.08. The number of rotatable bonds is 11. The van der Waals surface area contributed by atoms with E-state index >= 15 is 0 Å². The fourth-order valence-corrected chi connectivity index (χ4v) is 2.62. The van der Waals surface area contributed by atoms with Crippen LogP contribution in [0.15, 0.2) is 11.3 Å². The molecule has 0 fully saturated rings. The van der Waals surface area contributed by atoms with Gasteiger partial charge >= 0.3 is 0 Å². The molecule has 1 rings (SSSR count). The number of hydrogen-bond donors (Lipinski definition) is 2. The SMILES string of the molecule is CCc1nncn1CCN=C(NC(C)CC)NC(C)CCCC(C)C. The summed E-state index contributed by atoms with van der Waals surface area (Å²) >= 11 is 0. The monoisotopic (exact) mass is 350 g/mol. The van der Waals surface area contributed by atoms with E-state index in [4.69, 9.17) is 4.99 Å². The Kier molecular flexibility index (Phi) is 10.2. The number of hydrogen-bond acceptors (Lipinski definition) is 3. The first-order valence-electron chi connectivity index (χ1n) is 9.90. The molecular formula is C19H38N6. The van der Waals surface area contributed by atoms with E-state index in [2.05, 4.69) is 66.9 Å². The van der Waals surface area contributed by atoms with E-state index in [0.29, 0.717) is 12.1 Å². The van der Waals surface area contributed by atoms with Gasteiger partial charge in [-0.05, 0) is 32.6 Å². The van der Waals surface area contributed by atoms with Crippen LogP contribution >= 0.6 is 0 Å². The first-order valence-corrected chi connectivity index (χ1v) is 9.90. The fourth-order valence-electron chi connectivity index (χ4n) is 2.62. The molecule has 1 aromatic heterocycles. The van der Waals surface area contributed by atoms with Gasteiger partial charge in [0.15, 0.2) is 5.96 Å². The minimum atomic E-state index is 0.412. The van der Waals surface area contributed by atoms with Crippen LogP contribution in [0.25, 0.3) is 0 Å². The first-order chi connectivity index (χ1) is 12.0. The summed E-state index contributed by atoms with van der Waals surface area (Å²) in [6.07, 6.45) is 7.47. The first kappa shape index (κ1) is 21.5. The molecule has 1 aromatic rings. The molecule has 6 nitrogen and oxygen atoms in total. The number of nitrogens with zero attached hydrogens (tertiary/aromatic N) is 4. The number of aliphatic imine (C=N–C) groups is 1. The lowest BCUT2D eigenvalue weighted by Gasteiger charge is -2.21. The molecule has 0 saturated heterocycles. The predicted octanol–water partition coefficient (Wildman–Crippen LogP) is 3.39. The van der Waals surface area contributed by atoms with Gasteiger partial charge in [-0.25, -0.2) is 0 Å². The zero-order valence-corrected chi connectivity index (χ0v) is 17.0. The summed E-state index contributed by atoms with van der Waals surface area (Å²) in [5.41, 5.74) is 0. The minimum Gasteiger partial charge on any atom is -0.354 e. The summed E-state index contributed by atoms with van der Waals surface area (Å²) in [4.78, 5) is 4.76. The third-order valence-corrected chi connectivity index (χ3v) is 4.42. The van der Waals surface area contributed by atoms with Gasteiger partial charge in [0.2, 0.25) is 0 Å². The van der Waals surface area contributed by atoms with Crippen molar-refractivity contribution < 1.29 is 0 Å². The van der Waals surface area contributed by atoms with Gasteiger partial charge in [0, 0.05) is 25.0 Å². The van der Waals surface area contributed by atoms with Crippen molar-refractivity contribution in [1.29, 1.82) is 0 Å². The molecule has 1 heterocycles. The van der Waals surface area contributed by atoms with Gasteiger partial charge in [-0.1, -0.05) is 40.5 Å². The largest absolute Gasteiger partial charge is 0.354 e. The van der Waals surface area contributed by atoms with E-state index in [1.165, 1.54) is 19.3 Å². The van der Waals surface area contributed by atoms with E-state index in [-0.39, 0.29) is 0 Å². The highest BCUT2D eigenvalue weighted by Crippen LogP contribution is 2.08. The van der Waals surface area contributed by atoms with Crippen molar-refractivity contribution in [1.82, 2.24) is 25.4 Å². The van der Waals surface area contributed by atoms with Crippen molar-refractivity contribution in [3.63, 3.8) is 0 Å². The Balaban J connectivity index is 2.55. The standard InChI is InChI=1S/C19H38N6/c1-7-16(5)22-19(23-17(6)11-9-10-15(3)4)20-12-13-25-14-21-24-18(25)8-2/h14-17H,7-13H2,1-6H3,(H2,20,22,23). The van der Waals surface area contributed by atoms with E-state index in [1.54, 1.807) is 6.33 Å². The number of aromatic nitrogens is 3. The normalized spacial score (nSPS) is 14.6. The van der Waals surface area contributed by atoms with Crippen LogP contribution in [0.1, 0.15) is 73.1 Å². The molecule has 2 unspecified atom stereocenters. The molecular weight excluding hydrogens is 312 g/mol. The molecule has 0 spiro atoms. The lowest BCUT2D eigenvalue weighted by atomic mass is 10.0. The van der Waals surface area contributed by atoms with Crippen LogP contribution in [0.2, 0.25) is 0 Å². The van der Waals surface area contributed by atoms with Crippen molar-refractivity contribution in [3.8, 4) is 0 Å². The molecule has 6 heteroatoms. The van der Waals surface area contributed by atoms with E-state index in [1.807, 2.05) is 0 Å². The lowest BCUT2D eigenvalue weighted by molar-refractivity contribution is 0.488. The molecule has 0 bridgehead atoms. The molecule has 25 heavy (non-hydrogen) atoms.